The fraction of sp³-hybridized carbons (Fsp3) is 0.143. The number of ether oxygens (including phenoxy) is 1. The van der Waals surface area contributed by atoms with Gasteiger partial charge in [-0.05, 0) is 28.6 Å². The van der Waals surface area contributed by atoms with E-state index in [9.17, 15) is 9.59 Å². The summed E-state index contributed by atoms with van der Waals surface area (Å²) in [5, 5.41) is 20.5. The highest BCUT2D eigenvalue weighted by atomic mass is 16.5. The molecule has 148 valence electrons. The first-order valence-corrected chi connectivity index (χ1v) is 9.16. The molecular formula is C21H16N6O3. The van der Waals surface area contributed by atoms with E-state index in [0.717, 1.165) is 10.9 Å². The number of hydrogen-bond acceptors (Lipinski definition) is 7. The average Bonchev–Trinajstić information content (AvgIpc) is 3.44. The van der Waals surface area contributed by atoms with Gasteiger partial charge in [0.05, 0.1) is 23.7 Å². The van der Waals surface area contributed by atoms with Gasteiger partial charge in [-0.25, -0.2) is 4.79 Å². The molecule has 0 aliphatic heterocycles. The number of esters is 1. The Morgan fingerprint density at radius 1 is 1.07 bits per heavy atom. The van der Waals surface area contributed by atoms with E-state index in [1.807, 2.05) is 28.8 Å². The van der Waals surface area contributed by atoms with Gasteiger partial charge in [-0.2, -0.15) is 9.94 Å². The number of fused-ring (bicyclic) bond motifs is 1. The van der Waals surface area contributed by atoms with Crippen molar-refractivity contribution in [3.63, 3.8) is 0 Å². The minimum atomic E-state index is -0.650. The molecule has 4 aromatic rings. The van der Waals surface area contributed by atoms with Crippen LogP contribution in [-0.4, -0.2) is 43.1 Å². The second kappa shape index (κ2) is 8.36. The van der Waals surface area contributed by atoms with Gasteiger partial charge in [-0.1, -0.05) is 30.3 Å². The van der Waals surface area contributed by atoms with E-state index in [4.69, 9.17) is 10.00 Å². The van der Waals surface area contributed by atoms with E-state index in [-0.39, 0.29) is 11.3 Å². The van der Waals surface area contributed by atoms with Crippen LogP contribution in [0.3, 0.4) is 0 Å². The Bertz CT molecular complexity index is 1250. The maximum absolute atomic E-state index is 12.8. The van der Waals surface area contributed by atoms with Crippen LogP contribution in [0.4, 0.5) is 0 Å². The molecule has 0 amide bonds. The summed E-state index contributed by atoms with van der Waals surface area (Å²) in [6.45, 7) is 0.0679. The molecule has 0 spiro atoms. The molecule has 0 aliphatic carbocycles. The molecule has 0 N–H and O–H groups in total. The predicted octanol–water partition coefficient (Wildman–Crippen LogP) is 2.57. The third-order valence-electron chi connectivity index (χ3n) is 4.61. The normalized spacial score (nSPS) is 10.6. The Hall–Kier alpha value is -4.32. The van der Waals surface area contributed by atoms with Crippen molar-refractivity contribution in [1.29, 1.82) is 5.26 Å². The lowest BCUT2D eigenvalue weighted by molar-refractivity contribution is 0.0475. The van der Waals surface area contributed by atoms with Crippen LogP contribution in [0.2, 0.25) is 0 Å². The van der Waals surface area contributed by atoms with Crippen molar-refractivity contribution >= 4 is 22.7 Å². The van der Waals surface area contributed by atoms with Crippen LogP contribution < -0.4 is 0 Å². The fourth-order valence-electron chi connectivity index (χ4n) is 3.23. The number of aryl methyl sites for hydroxylation is 1. The number of para-hydroxylation sites is 2. The molecule has 0 fully saturated rings. The van der Waals surface area contributed by atoms with Crippen molar-refractivity contribution in [3.8, 4) is 11.8 Å². The van der Waals surface area contributed by atoms with Crippen LogP contribution in [0.25, 0.3) is 16.6 Å². The van der Waals surface area contributed by atoms with Gasteiger partial charge in [0.2, 0.25) is 5.78 Å². The molecule has 2 aromatic carbocycles. The van der Waals surface area contributed by atoms with Crippen molar-refractivity contribution in [2.24, 2.45) is 0 Å². The molecule has 30 heavy (non-hydrogen) atoms. The van der Waals surface area contributed by atoms with E-state index in [2.05, 4.69) is 21.6 Å². The molecule has 9 nitrogen and oxygen atoms in total. The van der Waals surface area contributed by atoms with Gasteiger partial charge >= 0.3 is 5.97 Å². The number of nitriles is 1. The second-order valence-electron chi connectivity index (χ2n) is 6.43. The molecule has 0 atom stereocenters. The lowest BCUT2D eigenvalue weighted by Crippen LogP contribution is -2.16. The molecule has 4 rings (SSSR count). The van der Waals surface area contributed by atoms with Gasteiger partial charge in [-0.15, -0.1) is 5.10 Å². The molecular weight excluding hydrogens is 384 g/mol. The maximum atomic E-state index is 12.8. The number of rotatable bonds is 7. The van der Waals surface area contributed by atoms with E-state index >= 15 is 0 Å². The quantitative estimate of drug-likeness (QED) is 0.346. The molecule has 0 radical (unpaired) electrons. The van der Waals surface area contributed by atoms with Gasteiger partial charge in [0, 0.05) is 29.2 Å². The molecule has 0 saturated carbocycles. The van der Waals surface area contributed by atoms with Crippen LogP contribution in [0.1, 0.15) is 27.1 Å². The third-order valence-corrected chi connectivity index (χ3v) is 4.61. The molecule has 0 saturated heterocycles. The highest BCUT2D eigenvalue weighted by molar-refractivity contribution is 6.09. The number of tetrazole rings is 1. The number of nitrogens with zero attached hydrogens (tertiary/aromatic N) is 6. The summed E-state index contributed by atoms with van der Waals surface area (Å²) in [6, 6.07) is 16.2. The monoisotopic (exact) mass is 400 g/mol. The number of carbonyl (C=O) groups excluding carboxylic acids is 2. The van der Waals surface area contributed by atoms with E-state index in [0.29, 0.717) is 24.2 Å². The van der Waals surface area contributed by atoms with Crippen molar-refractivity contribution in [2.45, 2.75) is 13.0 Å². The number of benzene rings is 2. The predicted molar refractivity (Wildman–Crippen MR) is 106 cm³/mol. The van der Waals surface area contributed by atoms with E-state index in [1.165, 1.54) is 11.0 Å². The Labute approximate surface area is 171 Å². The first-order valence-electron chi connectivity index (χ1n) is 9.16. The van der Waals surface area contributed by atoms with Crippen molar-refractivity contribution in [3.05, 3.63) is 72.2 Å². The van der Waals surface area contributed by atoms with Gasteiger partial charge in [0.15, 0.2) is 6.61 Å². The standard InChI is InChI=1S/C21H16N6O3/c22-10-5-11-26-12-17(15-6-1-3-8-18(15)26)20(28)13-30-21(29)16-7-2-4-9-19(16)27-14-23-24-25-27/h1-4,6-9,12,14H,5,11,13H2. The van der Waals surface area contributed by atoms with Crippen molar-refractivity contribution in [2.75, 3.05) is 6.61 Å². The Morgan fingerprint density at radius 2 is 1.87 bits per heavy atom. The van der Waals surface area contributed by atoms with Crippen LogP contribution in [0, 0.1) is 11.3 Å². The largest absolute Gasteiger partial charge is 0.454 e. The fourth-order valence-corrected chi connectivity index (χ4v) is 3.23. The second-order valence-corrected chi connectivity index (χ2v) is 6.43. The molecule has 2 aromatic heterocycles. The summed E-state index contributed by atoms with van der Waals surface area (Å²) in [4.78, 5) is 25.4. The summed E-state index contributed by atoms with van der Waals surface area (Å²) in [7, 11) is 0. The van der Waals surface area contributed by atoms with Crippen LogP contribution in [-0.2, 0) is 11.3 Å². The highest BCUT2D eigenvalue weighted by Crippen LogP contribution is 2.22. The van der Waals surface area contributed by atoms with Gasteiger partial charge in [-0.3, -0.25) is 4.79 Å². The van der Waals surface area contributed by atoms with Gasteiger partial charge in [0.1, 0.15) is 6.33 Å². The van der Waals surface area contributed by atoms with Crippen molar-refractivity contribution in [1.82, 2.24) is 24.8 Å². The summed E-state index contributed by atoms with van der Waals surface area (Å²) in [5.41, 5.74) is 2.00. The number of hydrogen-bond donors (Lipinski definition) is 0. The smallest absolute Gasteiger partial charge is 0.340 e. The van der Waals surface area contributed by atoms with Crippen LogP contribution in [0.5, 0.6) is 0 Å². The van der Waals surface area contributed by atoms with Gasteiger partial charge < -0.3 is 9.30 Å². The Morgan fingerprint density at radius 3 is 2.67 bits per heavy atom. The Kier molecular flexibility index (Phi) is 5.30. The third kappa shape index (κ3) is 3.66. The topological polar surface area (TPSA) is 116 Å². The Balaban J connectivity index is 1.54. The van der Waals surface area contributed by atoms with Crippen LogP contribution >= 0.6 is 0 Å². The van der Waals surface area contributed by atoms with E-state index in [1.54, 1.807) is 30.5 Å². The first-order chi connectivity index (χ1) is 14.7. The molecule has 2 heterocycles. The zero-order valence-electron chi connectivity index (χ0n) is 15.8. The molecule has 9 heteroatoms. The van der Waals surface area contributed by atoms with Crippen molar-refractivity contribution < 1.29 is 14.3 Å². The first kappa shape index (κ1) is 19.0. The lowest BCUT2D eigenvalue weighted by Gasteiger charge is -2.08. The van der Waals surface area contributed by atoms with E-state index < -0.39 is 12.6 Å². The minimum absolute atomic E-state index is 0.244. The zero-order chi connectivity index (χ0) is 20.9. The summed E-state index contributed by atoms with van der Waals surface area (Å²) in [5.74, 6) is -0.974. The number of aromatic nitrogens is 5. The maximum Gasteiger partial charge on any atom is 0.340 e. The summed E-state index contributed by atoms with van der Waals surface area (Å²) < 4.78 is 8.50. The minimum Gasteiger partial charge on any atom is -0.454 e. The molecule has 0 aliphatic rings. The lowest BCUT2D eigenvalue weighted by atomic mass is 10.1. The number of carbonyl (C=O) groups is 2. The summed E-state index contributed by atoms with van der Waals surface area (Å²) >= 11 is 0. The molecule has 0 bridgehead atoms. The average molecular weight is 400 g/mol. The number of ketones is 1. The summed E-state index contributed by atoms with van der Waals surface area (Å²) in [6.07, 6.45) is 3.40. The zero-order valence-corrected chi connectivity index (χ0v) is 15.8. The van der Waals surface area contributed by atoms with Gasteiger partial charge in [0.25, 0.3) is 0 Å². The number of Topliss-reactive ketones (excluding diaryl/α,β-unsaturated/α-hetero) is 1. The van der Waals surface area contributed by atoms with Crippen LogP contribution in [0.15, 0.2) is 61.1 Å². The SMILES string of the molecule is N#CCCn1cc(C(=O)COC(=O)c2ccccc2-n2cnnn2)c2ccccc21. The highest BCUT2D eigenvalue weighted by Gasteiger charge is 2.19. The molecule has 0 unspecified atom stereocenters.